The highest BCUT2D eigenvalue weighted by atomic mass is 15.0. The van der Waals surface area contributed by atoms with Gasteiger partial charge in [-0.15, -0.1) is 0 Å². The second-order valence-electron chi connectivity index (χ2n) is 4.20. The average molecular weight is 165 g/mol. The lowest BCUT2D eigenvalue weighted by Crippen LogP contribution is -2.22. The first-order valence-corrected chi connectivity index (χ1v) is 4.61. The van der Waals surface area contributed by atoms with Crippen molar-refractivity contribution in [3.8, 4) is 0 Å². The van der Waals surface area contributed by atoms with Crippen LogP contribution in [-0.2, 0) is 0 Å². The average Bonchev–Trinajstić information content (AvgIpc) is 2.03. The van der Waals surface area contributed by atoms with Crippen molar-refractivity contribution in [3.63, 3.8) is 0 Å². The maximum Gasteiger partial charge on any atom is -0.00165 e. The summed E-state index contributed by atoms with van der Waals surface area (Å²) in [6.45, 7) is 3.51. The van der Waals surface area contributed by atoms with Gasteiger partial charge in [0.2, 0.25) is 0 Å². The van der Waals surface area contributed by atoms with Gasteiger partial charge in [0.05, 0.1) is 0 Å². The molecule has 1 unspecified atom stereocenters. The first-order valence-electron chi connectivity index (χ1n) is 4.61. The summed E-state index contributed by atoms with van der Waals surface area (Å²) in [7, 11) is 4.26. The maximum atomic E-state index is 2.33. The van der Waals surface area contributed by atoms with E-state index >= 15 is 0 Å². The van der Waals surface area contributed by atoms with Gasteiger partial charge in [-0.25, -0.2) is 0 Å². The number of nitrogens with zero attached hydrogens (tertiary/aromatic N) is 1. The van der Waals surface area contributed by atoms with Crippen molar-refractivity contribution in [1.29, 1.82) is 0 Å². The van der Waals surface area contributed by atoms with Crippen LogP contribution in [0.1, 0.15) is 19.8 Å². The molecule has 0 saturated heterocycles. The molecule has 12 heavy (non-hydrogen) atoms. The van der Waals surface area contributed by atoms with Gasteiger partial charge in [-0.3, -0.25) is 0 Å². The van der Waals surface area contributed by atoms with Crippen LogP contribution in [0.4, 0.5) is 0 Å². The molecule has 0 saturated carbocycles. The lowest BCUT2D eigenvalue weighted by Gasteiger charge is -2.27. The first-order chi connectivity index (χ1) is 5.62. The van der Waals surface area contributed by atoms with Crippen molar-refractivity contribution in [2.24, 2.45) is 5.41 Å². The van der Waals surface area contributed by atoms with E-state index in [1.54, 1.807) is 0 Å². The molecule has 0 spiro atoms. The van der Waals surface area contributed by atoms with Gasteiger partial charge in [-0.05, 0) is 38.9 Å². The van der Waals surface area contributed by atoms with Crippen LogP contribution >= 0.6 is 0 Å². The molecule has 0 amide bonds. The SMILES string of the molecule is CN(C)CCC1(C)C=CC=CC1. The summed E-state index contributed by atoms with van der Waals surface area (Å²) in [6.07, 6.45) is 11.3. The highest BCUT2D eigenvalue weighted by molar-refractivity contribution is 5.15. The van der Waals surface area contributed by atoms with Gasteiger partial charge in [0, 0.05) is 0 Å². The van der Waals surface area contributed by atoms with Crippen LogP contribution in [0.2, 0.25) is 0 Å². The molecule has 0 aromatic rings. The van der Waals surface area contributed by atoms with Crippen molar-refractivity contribution < 1.29 is 0 Å². The van der Waals surface area contributed by atoms with E-state index in [-0.39, 0.29) is 0 Å². The molecular weight excluding hydrogens is 146 g/mol. The van der Waals surface area contributed by atoms with E-state index in [1.807, 2.05) is 0 Å². The number of allylic oxidation sites excluding steroid dienone is 4. The second-order valence-corrected chi connectivity index (χ2v) is 4.20. The van der Waals surface area contributed by atoms with Crippen LogP contribution in [-0.4, -0.2) is 25.5 Å². The highest BCUT2D eigenvalue weighted by Crippen LogP contribution is 2.30. The molecule has 0 heterocycles. The van der Waals surface area contributed by atoms with Gasteiger partial charge in [0.1, 0.15) is 0 Å². The smallest absolute Gasteiger partial charge is 0.00165 e. The summed E-state index contributed by atoms with van der Waals surface area (Å²) in [4.78, 5) is 2.25. The molecule has 1 aliphatic carbocycles. The largest absolute Gasteiger partial charge is 0.309 e. The maximum absolute atomic E-state index is 2.33. The summed E-state index contributed by atoms with van der Waals surface area (Å²) >= 11 is 0. The molecule has 0 bridgehead atoms. The van der Waals surface area contributed by atoms with Crippen molar-refractivity contribution in [2.45, 2.75) is 19.8 Å². The fraction of sp³-hybridized carbons (Fsp3) is 0.636. The molecule has 0 aromatic heterocycles. The quantitative estimate of drug-likeness (QED) is 0.621. The minimum Gasteiger partial charge on any atom is -0.309 e. The first kappa shape index (κ1) is 9.53. The van der Waals surface area contributed by atoms with Crippen molar-refractivity contribution in [2.75, 3.05) is 20.6 Å². The normalized spacial score (nSPS) is 28.3. The zero-order valence-corrected chi connectivity index (χ0v) is 8.38. The zero-order chi connectivity index (χ0) is 9.03. The van der Waals surface area contributed by atoms with Crippen LogP contribution in [0.5, 0.6) is 0 Å². The Morgan fingerprint density at radius 1 is 1.33 bits per heavy atom. The van der Waals surface area contributed by atoms with Gasteiger partial charge in [0.25, 0.3) is 0 Å². The van der Waals surface area contributed by atoms with Gasteiger partial charge >= 0.3 is 0 Å². The van der Waals surface area contributed by atoms with Gasteiger partial charge < -0.3 is 4.90 Å². The van der Waals surface area contributed by atoms with Crippen molar-refractivity contribution in [1.82, 2.24) is 4.90 Å². The molecule has 0 radical (unpaired) electrons. The Morgan fingerprint density at radius 3 is 2.58 bits per heavy atom. The Balaban J connectivity index is 2.39. The summed E-state index contributed by atoms with van der Waals surface area (Å²) < 4.78 is 0. The second kappa shape index (κ2) is 3.90. The summed E-state index contributed by atoms with van der Waals surface area (Å²) in [5.41, 5.74) is 0.402. The Bertz CT molecular complexity index is 191. The summed E-state index contributed by atoms with van der Waals surface area (Å²) in [5.74, 6) is 0. The molecule has 68 valence electrons. The number of hydrogen-bond donors (Lipinski definition) is 0. The predicted octanol–water partition coefficient (Wildman–Crippen LogP) is 2.46. The zero-order valence-electron chi connectivity index (χ0n) is 8.38. The molecule has 0 aromatic carbocycles. The third kappa shape index (κ3) is 2.82. The Hall–Kier alpha value is -0.560. The Morgan fingerprint density at radius 2 is 2.08 bits per heavy atom. The van der Waals surface area contributed by atoms with Crippen molar-refractivity contribution >= 4 is 0 Å². The molecule has 0 fully saturated rings. The molecule has 1 nitrogen and oxygen atoms in total. The molecule has 0 aliphatic heterocycles. The minimum atomic E-state index is 0.402. The van der Waals surface area contributed by atoms with Crippen LogP contribution in [0.3, 0.4) is 0 Å². The lowest BCUT2D eigenvalue weighted by molar-refractivity contribution is 0.306. The highest BCUT2D eigenvalue weighted by Gasteiger charge is 2.20. The topological polar surface area (TPSA) is 3.24 Å². The Labute approximate surface area is 75.8 Å². The van der Waals surface area contributed by atoms with Gasteiger partial charge in [0.15, 0.2) is 0 Å². The third-order valence-electron chi connectivity index (χ3n) is 2.46. The van der Waals surface area contributed by atoms with E-state index in [0.29, 0.717) is 5.41 Å². The number of rotatable bonds is 3. The van der Waals surface area contributed by atoms with Crippen LogP contribution in [0.25, 0.3) is 0 Å². The minimum absolute atomic E-state index is 0.402. The van der Waals surface area contributed by atoms with E-state index < -0.39 is 0 Å². The molecule has 1 atom stereocenters. The van der Waals surface area contributed by atoms with E-state index in [1.165, 1.54) is 19.4 Å². The van der Waals surface area contributed by atoms with Crippen molar-refractivity contribution in [3.05, 3.63) is 24.3 Å². The summed E-state index contributed by atoms with van der Waals surface area (Å²) in [5, 5.41) is 0. The van der Waals surface area contributed by atoms with Gasteiger partial charge in [-0.1, -0.05) is 31.2 Å². The van der Waals surface area contributed by atoms with Crippen LogP contribution in [0.15, 0.2) is 24.3 Å². The monoisotopic (exact) mass is 165 g/mol. The molecule has 1 aliphatic rings. The molecule has 0 N–H and O–H groups in total. The predicted molar refractivity (Wildman–Crippen MR) is 54.2 cm³/mol. The van der Waals surface area contributed by atoms with E-state index in [0.717, 1.165) is 0 Å². The van der Waals surface area contributed by atoms with E-state index in [2.05, 4.69) is 50.2 Å². The molecular formula is C11H19N. The fourth-order valence-electron chi connectivity index (χ4n) is 1.44. The molecule has 1 heteroatoms. The van der Waals surface area contributed by atoms with Crippen LogP contribution in [0, 0.1) is 5.41 Å². The molecule has 1 rings (SSSR count). The number of hydrogen-bond acceptors (Lipinski definition) is 1. The van der Waals surface area contributed by atoms with E-state index in [4.69, 9.17) is 0 Å². The lowest BCUT2D eigenvalue weighted by atomic mass is 9.81. The fourth-order valence-corrected chi connectivity index (χ4v) is 1.44. The van der Waals surface area contributed by atoms with Crippen LogP contribution < -0.4 is 0 Å². The standard InChI is InChI=1S/C11H19N/c1-11(9-10-12(2)3)7-5-4-6-8-11/h4-7H,8-10H2,1-3H3. The van der Waals surface area contributed by atoms with Gasteiger partial charge in [-0.2, -0.15) is 0 Å². The third-order valence-corrected chi connectivity index (χ3v) is 2.46. The Kier molecular flexibility index (Phi) is 3.10. The van der Waals surface area contributed by atoms with E-state index in [9.17, 15) is 0 Å². The summed E-state index contributed by atoms with van der Waals surface area (Å²) in [6, 6.07) is 0.